The third-order valence-corrected chi connectivity index (χ3v) is 8.81. The van der Waals surface area contributed by atoms with Gasteiger partial charge in [0.05, 0.1) is 6.67 Å². The van der Waals surface area contributed by atoms with E-state index >= 15 is 0 Å². The molecule has 5 aliphatic rings. The molecular formula is C25H34FNO. The highest BCUT2D eigenvalue weighted by molar-refractivity contribution is 5.86. The Morgan fingerprint density at radius 3 is 2.46 bits per heavy atom. The number of alkyl halides is 1. The molecule has 2 nitrogen and oxygen atoms in total. The van der Waals surface area contributed by atoms with Gasteiger partial charge in [-0.1, -0.05) is 30.3 Å². The summed E-state index contributed by atoms with van der Waals surface area (Å²) in [5, 5.41) is 0. The Bertz CT molecular complexity index is 742. The van der Waals surface area contributed by atoms with Crippen molar-refractivity contribution in [2.45, 2.75) is 82.1 Å². The number of rotatable bonds is 5. The first kappa shape index (κ1) is 18.8. The summed E-state index contributed by atoms with van der Waals surface area (Å²) in [6.45, 7) is -0.259. The molecule has 1 aromatic rings. The van der Waals surface area contributed by atoms with Crippen molar-refractivity contribution in [2.24, 2.45) is 28.4 Å². The average Bonchev–Trinajstić information content (AvgIpc) is 2.69. The van der Waals surface area contributed by atoms with Crippen molar-refractivity contribution in [3.05, 3.63) is 35.9 Å². The van der Waals surface area contributed by atoms with E-state index in [1.807, 2.05) is 0 Å². The molecule has 28 heavy (non-hydrogen) atoms. The van der Waals surface area contributed by atoms with Crippen LogP contribution in [0.25, 0.3) is 0 Å². The maximum atomic E-state index is 14.4. The lowest BCUT2D eigenvalue weighted by molar-refractivity contribution is -0.164. The van der Waals surface area contributed by atoms with Crippen molar-refractivity contribution in [1.82, 2.24) is 0 Å². The van der Waals surface area contributed by atoms with E-state index in [0.717, 1.165) is 64.2 Å². The van der Waals surface area contributed by atoms with Gasteiger partial charge in [0.15, 0.2) is 0 Å². The van der Waals surface area contributed by atoms with Crippen LogP contribution in [0.4, 0.5) is 4.39 Å². The SMILES string of the molecule is NC1CCC(CC(=O)C23CC4C[C@@](CF)(C2)C[C@](c2ccccc2)(C4)C3)CC1. The summed E-state index contributed by atoms with van der Waals surface area (Å²) in [5.74, 6) is 1.46. The van der Waals surface area contributed by atoms with Crippen molar-refractivity contribution in [3.8, 4) is 0 Å². The van der Waals surface area contributed by atoms with Crippen LogP contribution >= 0.6 is 0 Å². The zero-order valence-corrected chi connectivity index (χ0v) is 17.0. The number of halogens is 1. The number of hydrogen-bond donors (Lipinski definition) is 1. The van der Waals surface area contributed by atoms with Gasteiger partial charge in [0, 0.05) is 23.3 Å². The Kier molecular flexibility index (Phi) is 4.46. The lowest BCUT2D eigenvalue weighted by Crippen LogP contribution is -2.61. The van der Waals surface area contributed by atoms with E-state index in [0.29, 0.717) is 30.1 Å². The first-order chi connectivity index (χ1) is 13.5. The predicted molar refractivity (Wildman–Crippen MR) is 110 cm³/mol. The molecule has 2 N–H and O–H groups in total. The van der Waals surface area contributed by atoms with Crippen LogP contribution in [0.3, 0.4) is 0 Å². The highest BCUT2D eigenvalue weighted by Gasteiger charge is 2.65. The predicted octanol–water partition coefficient (Wildman–Crippen LogP) is 5.34. The second kappa shape index (κ2) is 6.65. The largest absolute Gasteiger partial charge is 0.328 e. The quantitative estimate of drug-likeness (QED) is 0.746. The number of ketones is 1. The second-order valence-electron chi connectivity index (χ2n) is 11.0. The number of nitrogens with two attached hydrogens (primary N) is 1. The highest BCUT2D eigenvalue weighted by Crippen LogP contribution is 2.70. The van der Waals surface area contributed by atoms with Gasteiger partial charge < -0.3 is 5.73 Å². The molecule has 0 radical (unpaired) electrons. The van der Waals surface area contributed by atoms with E-state index in [2.05, 4.69) is 30.3 Å². The van der Waals surface area contributed by atoms with Gasteiger partial charge in [0.25, 0.3) is 0 Å². The van der Waals surface area contributed by atoms with Crippen molar-refractivity contribution in [3.63, 3.8) is 0 Å². The molecule has 0 heterocycles. The first-order valence-electron chi connectivity index (χ1n) is 11.4. The summed E-state index contributed by atoms with van der Waals surface area (Å²) in [5.41, 5.74) is 6.88. The Labute approximate surface area is 168 Å². The molecule has 4 bridgehead atoms. The molecule has 4 atom stereocenters. The minimum Gasteiger partial charge on any atom is -0.328 e. The summed E-state index contributed by atoms with van der Waals surface area (Å²) in [4.78, 5) is 13.7. The van der Waals surface area contributed by atoms with Gasteiger partial charge >= 0.3 is 0 Å². The number of benzene rings is 1. The lowest BCUT2D eigenvalue weighted by atomic mass is 9.38. The summed E-state index contributed by atoms with van der Waals surface area (Å²) >= 11 is 0. The third kappa shape index (κ3) is 2.96. The van der Waals surface area contributed by atoms with Crippen molar-refractivity contribution in [1.29, 1.82) is 0 Å². The normalized spacial score (nSPS) is 44.6. The molecule has 0 spiro atoms. The fourth-order valence-corrected chi connectivity index (χ4v) is 8.08. The second-order valence-corrected chi connectivity index (χ2v) is 11.0. The fourth-order valence-electron chi connectivity index (χ4n) is 8.08. The standard InChI is InChI=1S/C25H34FNO/c26-17-23-11-19-12-24(14-23,20-4-2-1-3-5-20)16-25(13-19,15-23)22(28)10-18-6-8-21(27)9-7-18/h1-5,18-19,21H,6-17,27H2/t18?,19?,21?,23-,24+,25?/m0/s1. The minimum absolute atomic E-state index is 0.0113. The van der Waals surface area contributed by atoms with E-state index in [1.165, 1.54) is 5.56 Å². The number of Topliss-reactive ketones (excluding diaryl/α,β-unsaturated/α-hetero) is 1. The average molecular weight is 384 g/mol. The Balaban J connectivity index is 1.45. The molecule has 152 valence electrons. The zero-order valence-electron chi connectivity index (χ0n) is 17.0. The van der Waals surface area contributed by atoms with Gasteiger partial charge in [0.1, 0.15) is 5.78 Å². The maximum Gasteiger partial charge on any atom is 0.139 e. The molecule has 0 aliphatic heterocycles. The molecule has 6 rings (SSSR count). The minimum atomic E-state index is -0.277. The summed E-state index contributed by atoms with van der Waals surface area (Å²) in [6, 6.07) is 11.0. The molecule has 5 fully saturated rings. The van der Waals surface area contributed by atoms with Gasteiger partial charge in [-0.3, -0.25) is 9.18 Å². The molecule has 5 saturated carbocycles. The number of carbonyl (C=O) groups excluding carboxylic acids is 1. The van der Waals surface area contributed by atoms with Crippen LogP contribution in [0.5, 0.6) is 0 Å². The molecule has 5 aliphatic carbocycles. The molecule has 0 aromatic heterocycles. The molecule has 2 unspecified atom stereocenters. The highest BCUT2D eigenvalue weighted by atomic mass is 19.1. The van der Waals surface area contributed by atoms with Gasteiger partial charge in [0.2, 0.25) is 0 Å². The zero-order chi connectivity index (χ0) is 19.4. The first-order valence-corrected chi connectivity index (χ1v) is 11.4. The van der Waals surface area contributed by atoms with Crippen LogP contribution in [-0.4, -0.2) is 18.5 Å². The van der Waals surface area contributed by atoms with Crippen molar-refractivity contribution in [2.75, 3.05) is 6.67 Å². The molecule has 0 amide bonds. The van der Waals surface area contributed by atoms with Gasteiger partial charge in [-0.2, -0.15) is 0 Å². The van der Waals surface area contributed by atoms with Crippen LogP contribution in [0.1, 0.15) is 76.2 Å². The fraction of sp³-hybridized carbons (Fsp3) is 0.720. The number of hydrogen-bond acceptors (Lipinski definition) is 2. The Morgan fingerprint density at radius 1 is 1.00 bits per heavy atom. The van der Waals surface area contributed by atoms with Crippen LogP contribution in [0.2, 0.25) is 0 Å². The van der Waals surface area contributed by atoms with E-state index in [1.54, 1.807) is 0 Å². The molecular weight excluding hydrogens is 349 g/mol. The third-order valence-electron chi connectivity index (χ3n) is 8.81. The van der Waals surface area contributed by atoms with E-state index in [9.17, 15) is 9.18 Å². The Morgan fingerprint density at radius 2 is 1.75 bits per heavy atom. The van der Waals surface area contributed by atoms with Gasteiger partial charge in [-0.25, -0.2) is 0 Å². The topological polar surface area (TPSA) is 43.1 Å². The summed E-state index contributed by atoms with van der Waals surface area (Å²) in [6.07, 6.45) is 10.8. The maximum absolute atomic E-state index is 14.4. The van der Waals surface area contributed by atoms with Crippen LogP contribution in [-0.2, 0) is 10.2 Å². The van der Waals surface area contributed by atoms with E-state index < -0.39 is 0 Å². The van der Waals surface area contributed by atoms with Crippen LogP contribution in [0, 0.1) is 22.7 Å². The van der Waals surface area contributed by atoms with Crippen LogP contribution in [0.15, 0.2) is 30.3 Å². The van der Waals surface area contributed by atoms with Gasteiger partial charge in [-0.15, -0.1) is 0 Å². The van der Waals surface area contributed by atoms with Gasteiger partial charge in [-0.05, 0) is 87.0 Å². The van der Waals surface area contributed by atoms with E-state index in [-0.39, 0.29) is 22.9 Å². The van der Waals surface area contributed by atoms with E-state index in [4.69, 9.17) is 5.73 Å². The van der Waals surface area contributed by atoms with Crippen LogP contribution < -0.4 is 5.73 Å². The lowest BCUT2D eigenvalue weighted by Gasteiger charge is -2.66. The molecule has 0 saturated heterocycles. The molecule has 3 heteroatoms. The number of carbonyl (C=O) groups is 1. The van der Waals surface area contributed by atoms with Crippen molar-refractivity contribution < 1.29 is 9.18 Å². The Hall–Kier alpha value is -1.22. The monoisotopic (exact) mass is 383 g/mol. The summed E-state index contributed by atoms with van der Waals surface area (Å²) < 4.78 is 14.4. The smallest absolute Gasteiger partial charge is 0.139 e. The summed E-state index contributed by atoms with van der Waals surface area (Å²) in [7, 11) is 0. The van der Waals surface area contributed by atoms with Crippen molar-refractivity contribution >= 4 is 5.78 Å². The molecule has 1 aromatic carbocycles.